The van der Waals surface area contributed by atoms with Crippen LogP contribution in [-0.4, -0.2) is 14.8 Å². The summed E-state index contributed by atoms with van der Waals surface area (Å²) in [6, 6.07) is 11.5. The number of pyridine rings is 1. The van der Waals surface area contributed by atoms with Gasteiger partial charge in [0.2, 0.25) is 0 Å². The molecule has 0 N–H and O–H groups in total. The second-order valence-corrected chi connectivity index (χ2v) is 5.02. The molecule has 98 valence electrons. The molecule has 0 unspecified atom stereocenters. The highest BCUT2D eigenvalue weighted by molar-refractivity contribution is 6.31. The van der Waals surface area contributed by atoms with Crippen LogP contribution in [0.5, 0.6) is 0 Å². The van der Waals surface area contributed by atoms with E-state index in [1.807, 2.05) is 31.3 Å². The van der Waals surface area contributed by atoms with Crippen LogP contribution in [0.1, 0.15) is 17.0 Å². The predicted octanol–water partition coefficient (Wildman–Crippen LogP) is 3.31. The fourth-order valence-electron chi connectivity index (χ4n) is 2.12. The van der Waals surface area contributed by atoms with Crippen molar-refractivity contribution in [2.45, 2.75) is 13.5 Å². The van der Waals surface area contributed by atoms with Gasteiger partial charge in [0.05, 0.1) is 12.1 Å². The lowest BCUT2D eigenvalue weighted by Gasteiger charge is -2.04. The van der Waals surface area contributed by atoms with Gasteiger partial charge in [0.1, 0.15) is 6.07 Å². The summed E-state index contributed by atoms with van der Waals surface area (Å²) in [4.78, 5) is 4.27. The van der Waals surface area contributed by atoms with Gasteiger partial charge < -0.3 is 0 Å². The molecular formula is C15H11ClN4. The van der Waals surface area contributed by atoms with E-state index in [9.17, 15) is 0 Å². The molecule has 0 aliphatic heterocycles. The summed E-state index contributed by atoms with van der Waals surface area (Å²) in [7, 11) is 0. The highest BCUT2D eigenvalue weighted by atomic mass is 35.5. The van der Waals surface area contributed by atoms with Gasteiger partial charge in [-0.2, -0.15) is 10.4 Å². The van der Waals surface area contributed by atoms with Crippen LogP contribution in [0, 0.1) is 18.3 Å². The van der Waals surface area contributed by atoms with Gasteiger partial charge in [-0.3, -0.25) is 9.67 Å². The fourth-order valence-corrected chi connectivity index (χ4v) is 2.29. The number of halogens is 1. The Hall–Kier alpha value is -2.38. The zero-order chi connectivity index (χ0) is 14.1. The Bertz CT molecular complexity index is 812. The van der Waals surface area contributed by atoms with Crippen LogP contribution >= 0.6 is 11.6 Å². The van der Waals surface area contributed by atoms with Gasteiger partial charge in [-0.15, -0.1) is 0 Å². The summed E-state index contributed by atoms with van der Waals surface area (Å²) in [5.74, 6) is 0. The quantitative estimate of drug-likeness (QED) is 0.724. The largest absolute Gasteiger partial charge is 0.261 e. The van der Waals surface area contributed by atoms with E-state index in [0.29, 0.717) is 17.3 Å². The molecule has 3 rings (SSSR count). The number of aryl methyl sites for hydroxylation is 1. The molecule has 0 saturated carbocycles. The van der Waals surface area contributed by atoms with E-state index in [1.54, 1.807) is 16.8 Å². The summed E-state index contributed by atoms with van der Waals surface area (Å²) in [5.41, 5.74) is 3.30. The van der Waals surface area contributed by atoms with Crippen molar-refractivity contribution in [2.75, 3.05) is 0 Å². The predicted molar refractivity (Wildman–Crippen MR) is 77.5 cm³/mol. The molecule has 5 heteroatoms. The first-order valence-corrected chi connectivity index (χ1v) is 6.53. The minimum Gasteiger partial charge on any atom is -0.261 e. The zero-order valence-electron chi connectivity index (χ0n) is 10.8. The van der Waals surface area contributed by atoms with Gasteiger partial charge in [-0.25, -0.2) is 0 Å². The van der Waals surface area contributed by atoms with E-state index in [-0.39, 0.29) is 0 Å². The van der Waals surface area contributed by atoms with E-state index in [2.05, 4.69) is 16.2 Å². The van der Waals surface area contributed by atoms with Crippen LogP contribution in [0.15, 0.2) is 36.5 Å². The Morgan fingerprint density at radius 3 is 2.85 bits per heavy atom. The highest BCUT2D eigenvalue weighted by Gasteiger charge is 2.11. The molecule has 0 amide bonds. The summed E-state index contributed by atoms with van der Waals surface area (Å²) in [6.45, 7) is 2.52. The second kappa shape index (κ2) is 4.95. The first-order valence-electron chi connectivity index (χ1n) is 6.15. The lowest BCUT2D eigenvalue weighted by molar-refractivity contribution is 0.705. The smallest absolute Gasteiger partial charge is 0.170 e. The maximum absolute atomic E-state index is 9.16. The molecule has 2 aromatic heterocycles. The summed E-state index contributed by atoms with van der Waals surface area (Å²) in [5, 5.41) is 14.9. The number of aromatic nitrogens is 3. The van der Waals surface area contributed by atoms with Crippen molar-refractivity contribution in [3.8, 4) is 6.07 Å². The number of hydrogen-bond acceptors (Lipinski definition) is 3. The summed E-state index contributed by atoms with van der Waals surface area (Å²) >= 11 is 5.98. The number of rotatable bonds is 2. The Balaban J connectivity index is 2.08. The standard InChI is InChI=1S/C15H11ClN4/c1-10-2-3-11(8-18-10)9-20-15-5-4-12(16)6-13(15)14(7-17)19-20/h2-6,8H,9H2,1H3. The SMILES string of the molecule is Cc1ccc(Cn2nc(C#N)c3cc(Cl)ccc32)cn1. The first-order chi connectivity index (χ1) is 9.67. The van der Waals surface area contributed by atoms with Crippen LogP contribution in [0.2, 0.25) is 5.02 Å². The van der Waals surface area contributed by atoms with Crippen molar-refractivity contribution in [3.63, 3.8) is 0 Å². The van der Waals surface area contributed by atoms with Gasteiger partial charge >= 0.3 is 0 Å². The third-order valence-electron chi connectivity index (χ3n) is 3.12. The Labute approximate surface area is 121 Å². The normalized spacial score (nSPS) is 10.7. The van der Waals surface area contributed by atoms with Gasteiger partial charge in [0.15, 0.2) is 5.69 Å². The van der Waals surface area contributed by atoms with Crippen LogP contribution in [0.4, 0.5) is 0 Å². The maximum Gasteiger partial charge on any atom is 0.170 e. The molecule has 0 aliphatic carbocycles. The molecule has 0 saturated heterocycles. The first kappa shape index (κ1) is 12.6. The van der Waals surface area contributed by atoms with Crippen LogP contribution in [0.3, 0.4) is 0 Å². The average Bonchev–Trinajstić information content (AvgIpc) is 2.78. The highest BCUT2D eigenvalue weighted by Crippen LogP contribution is 2.23. The molecule has 0 bridgehead atoms. The lowest BCUT2D eigenvalue weighted by Crippen LogP contribution is -2.02. The molecule has 2 heterocycles. The van der Waals surface area contributed by atoms with Crippen molar-refractivity contribution in [3.05, 3.63) is 58.5 Å². The molecule has 0 fully saturated rings. The van der Waals surface area contributed by atoms with Gasteiger partial charge in [-0.1, -0.05) is 17.7 Å². The minimum absolute atomic E-state index is 0.391. The second-order valence-electron chi connectivity index (χ2n) is 4.59. The lowest BCUT2D eigenvalue weighted by atomic mass is 10.2. The molecule has 0 atom stereocenters. The van der Waals surface area contributed by atoms with Crippen molar-refractivity contribution in [2.24, 2.45) is 0 Å². The average molecular weight is 283 g/mol. The Kier molecular flexibility index (Phi) is 3.13. The monoisotopic (exact) mass is 282 g/mol. The molecule has 1 aromatic carbocycles. The van der Waals surface area contributed by atoms with E-state index in [0.717, 1.165) is 22.2 Å². The van der Waals surface area contributed by atoms with E-state index in [4.69, 9.17) is 16.9 Å². The van der Waals surface area contributed by atoms with Crippen LogP contribution in [0.25, 0.3) is 10.9 Å². The number of benzene rings is 1. The van der Waals surface area contributed by atoms with Crippen LogP contribution < -0.4 is 0 Å². The van der Waals surface area contributed by atoms with Crippen LogP contribution in [-0.2, 0) is 6.54 Å². The molecule has 0 aliphatic rings. The van der Waals surface area contributed by atoms with Crippen molar-refractivity contribution in [1.82, 2.24) is 14.8 Å². The minimum atomic E-state index is 0.391. The van der Waals surface area contributed by atoms with Gasteiger partial charge in [-0.05, 0) is 36.8 Å². The maximum atomic E-state index is 9.16. The van der Waals surface area contributed by atoms with Gasteiger partial charge in [0, 0.05) is 22.3 Å². The summed E-state index contributed by atoms with van der Waals surface area (Å²) in [6.07, 6.45) is 1.82. The topological polar surface area (TPSA) is 54.5 Å². The Morgan fingerprint density at radius 2 is 2.15 bits per heavy atom. The fraction of sp³-hybridized carbons (Fsp3) is 0.133. The van der Waals surface area contributed by atoms with Gasteiger partial charge in [0.25, 0.3) is 0 Å². The van der Waals surface area contributed by atoms with Crippen molar-refractivity contribution in [1.29, 1.82) is 5.26 Å². The number of nitriles is 1. The van der Waals surface area contributed by atoms with Crippen molar-refractivity contribution >= 4 is 22.5 Å². The molecule has 20 heavy (non-hydrogen) atoms. The number of hydrogen-bond donors (Lipinski definition) is 0. The molecular weight excluding hydrogens is 272 g/mol. The van der Waals surface area contributed by atoms with E-state index in [1.165, 1.54) is 0 Å². The number of nitrogens with zero attached hydrogens (tertiary/aromatic N) is 4. The third-order valence-corrected chi connectivity index (χ3v) is 3.36. The molecule has 3 aromatic rings. The zero-order valence-corrected chi connectivity index (χ0v) is 11.6. The molecule has 4 nitrogen and oxygen atoms in total. The van der Waals surface area contributed by atoms with E-state index < -0.39 is 0 Å². The molecule has 0 spiro atoms. The number of fused-ring (bicyclic) bond motifs is 1. The van der Waals surface area contributed by atoms with E-state index >= 15 is 0 Å². The van der Waals surface area contributed by atoms with Crippen molar-refractivity contribution < 1.29 is 0 Å². The third kappa shape index (κ3) is 2.24. The Morgan fingerprint density at radius 1 is 1.30 bits per heavy atom. The summed E-state index contributed by atoms with van der Waals surface area (Å²) < 4.78 is 1.80. The molecule has 0 radical (unpaired) electrons.